The predicted octanol–water partition coefficient (Wildman–Crippen LogP) is 12.9. The number of aromatic nitrogens is 4. The Hall–Kier alpha value is -7.57. The van der Waals surface area contributed by atoms with Crippen molar-refractivity contribution in [2.24, 2.45) is 0 Å². The Labute approximate surface area is 313 Å². The maximum atomic E-state index is 6.86. The first kappa shape index (κ1) is 29.9. The number of hydrogen-bond acceptors (Lipinski definition) is 5. The lowest BCUT2D eigenvalue weighted by atomic mass is 10.0. The first-order chi connectivity index (χ1) is 27.2. The predicted molar refractivity (Wildman–Crippen MR) is 223 cm³/mol. The fraction of sp³-hybridized carbons (Fsp3) is 0. The van der Waals surface area contributed by atoms with Crippen LogP contribution >= 0.6 is 0 Å². The molecule has 0 fully saturated rings. The summed E-state index contributed by atoms with van der Waals surface area (Å²) in [5.41, 5.74) is 8.97. The van der Waals surface area contributed by atoms with Crippen molar-refractivity contribution in [3.63, 3.8) is 0 Å². The van der Waals surface area contributed by atoms with Crippen LogP contribution in [0.15, 0.2) is 179 Å². The molecule has 256 valence electrons. The molecule has 4 heterocycles. The second-order valence-electron chi connectivity index (χ2n) is 14.0. The van der Waals surface area contributed by atoms with Gasteiger partial charge in [0.15, 0.2) is 23.1 Å². The van der Waals surface area contributed by atoms with Crippen molar-refractivity contribution >= 4 is 76.5 Å². The molecule has 0 amide bonds. The molecule has 12 aromatic rings. The number of furan rings is 2. The van der Waals surface area contributed by atoms with Gasteiger partial charge in [-0.2, -0.15) is 0 Å². The molecule has 0 aliphatic heterocycles. The summed E-state index contributed by atoms with van der Waals surface area (Å²) >= 11 is 0. The van der Waals surface area contributed by atoms with Crippen LogP contribution < -0.4 is 0 Å². The largest absolute Gasteiger partial charge is 0.456 e. The lowest BCUT2D eigenvalue weighted by Crippen LogP contribution is -2.01. The molecule has 0 bridgehead atoms. The Morgan fingerprint density at radius 3 is 1.85 bits per heavy atom. The molecule has 0 saturated carbocycles. The Kier molecular flexibility index (Phi) is 6.24. The van der Waals surface area contributed by atoms with Crippen molar-refractivity contribution in [3.05, 3.63) is 170 Å². The van der Waals surface area contributed by atoms with Gasteiger partial charge >= 0.3 is 0 Å². The van der Waals surface area contributed by atoms with E-state index in [-0.39, 0.29) is 0 Å². The molecule has 0 atom stereocenters. The summed E-state index contributed by atoms with van der Waals surface area (Å²) in [6, 6.07) is 58.6. The molecule has 55 heavy (non-hydrogen) atoms. The molecular weight excluding hydrogens is 677 g/mol. The van der Waals surface area contributed by atoms with Crippen LogP contribution in [0.5, 0.6) is 0 Å². The standard InChI is InChI=1S/C49H28N4O2/c1-2-12-29(13-3-1)47-50-48(32-22-23-35-34-17-7-10-20-42(34)54-44(35)28-32)52-49(51-47)37-24-25-40(46-45(37)36-18-8-11-21-43(36)55-46)53-39-19-9-6-16-33(39)38-26-30-14-4-5-15-31(30)27-41(38)53/h1-28H. The van der Waals surface area contributed by atoms with Crippen LogP contribution in [0.25, 0.3) is 116 Å². The van der Waals surface area contributed by atoms with Crippen molar-refractivity contribution in [2.75, 3.05) is 0 Å². The van der Waals surface area contributed by atoms with Crippen LogP contribution in [-0.4, -0.2) is 19.5 Å². The molecule has 6 heteroatoms. The molecule has 8 aromatic carbocycles. The van der Waals surface area contributed by atoms with Gasteiger partial charge in [0.25, 0.3) is 0 Å². The molecule has 0 saturated heterocycles. The summed E-state index contributed by atoms with van der Waals surface area (Å²) < 4.78 is 15.5. The van der Waals surface area contributed by atoms with Gasteiger partial charge in [0.1, 0.15) is 16.7 Å². The molecule has 12 rings (SSSR count). The molecule has 0 spiro atoms. The smallest absolute Gasteiger partial charge is 0.164 e. The van der Waals surface area contributed by atoms with Gasteiger partial charge in [0, 0.05) is 49.0 Å². The number of nitrogens with zero attached hydrogens (tertiary/aromatic N) is 4. The first-order valence-electron chi connectivity index (χ1n) is 18.4. The summed E-state index contributed by atoms with van der Waals surface area (Å²) in [4.78, 5) is 15.4. The zero-order valence-electron chi connectivity index (χ0n) is 29.3. The lowest BCUT2D eigenvalue weighted by Gasteiger charge is -2.13. The highest BCUT2D eigenvalue weighted by Gasteiger charge is 2.23. The van der Waals surface area contributed by atoms with Gasteiger partial charge in [0.05, 0.1) is 16.7 Å². The van der Waals surface area contributed by atoms with Gasteiger partial charge in [-0.25, -0.2) is 15.0 Å². The van der Waals surface area contributed by atoms with Crippen molar-refractivity contribution in [2.45, 2.75) is 0 Å². The third-order valence-electron chi connectivity index (χ3n) is 10.8. The van der Waals surface area contributed by atoms with E-state index in [2.05, 4.69) is 108 Å². The molecule has 0 radical (unpaired) electrons. The minimum Gasteiger partial charge on any atom is -0.456 e. The summed E-state index contributed by atoms with van der Waals surface area (Å²) in [6.07, 6.45) is 0. The quantitative estimate of drug-likeness (QED) is 0.182. The average molecular weight is 705 g/mol. The van der Waals surface area contributed by atoms with Crippen LogP contribution in [0.4, 0.5) is 0 Å². The van der Waals surface area contributed by atoms with Crippen molar-refractivity contribution in [1.29, 1.82) is 0 Å². The molecule has 0 unspecified atom stereocenters. The molecule has 0 aliphatic carbocycles. The topological polar surface area (TPSA) is 69.9 Å². The highest BCUT2D eigenvalue weighted by atomic mass is 16.3. The van der Waals surface area contributed by atoms with E-state index < -0.39 is 0 Å². The van der Waals surface area contributed by atoms with E-state index in [4.69, 9.17) is 23.8 Å². The normalized spacial score (nSPS) is 12.0. The Morgan fingerprint density at radius 1 is 0.382 bits per heavy atom. The number of rotatable bonds is 4. The van der Waals surface area contributed by atoms with Gasteiger partial charge in [-0.05, 0) is 65.4 Å². The van der Waals surface area contributed by atoms with E-state index in [9.17, 15) is 0 Å². The van der Waals surface area contributed by atoms with E-state index >= 15 is 0 Å². The Morgan fingerprint density at radius 2 is 1.02 bits per heavy atom. The van der Waals surface area contributed by atoms with Gasteiger partial charge in [-0.15, -0.1) is 0 Å². The Balaban J connectivity index is 1.13. The highest BCUT2D eigenvalue weighted by molar-refractivity contribution is 6.18. The van der Waals surface area contributed by atoms with Crippen LogP contribution in [0.2, 0.25) is 0 Å². The second-order valence-corrected chi connectivity index (χ2v) is 14.0. The molecule has 4 aromatic heterocycles. The summed E-state index contributed by atoms with van der Waals surface area (Å²) in [5, 5.41) is 8.85. The first-order valence-corrected chi connectivity index (χ1v) is 18.4. The number of para-hydroxylation sites is 3. The van der Waals surface area contributed by atoms with E-state index in [0.29, 0.717) is 17.5 Å². The lowest BCUT2D eigenvalue weighted by molar-refractivity contribution is 0.666. The van der Waals surface area contributed by atoms with Crippen molar-refractivity contribution in [3.8, 4) is 39.9 Å². The van der Waals surface area contributed by atoms with E-state index in [1.807, 2.05) is 66.7 Å². The molecule has 6 nitrogen and oxygen atoms in total. The van der Waals surface area contributed by atoms with E-state index in [1.54, 1.807) is 0 Å². The van der Waals surface area contributed by atoms with Crippen molar-refractivity contribution < 1.29 is 8.83 Å². The summed E-state index contributed by atoms with van der Waals surface area (Å²) in [5.74, 6) is 1.71. The molecule has 0 aliphatic rings. The zero-order valence-corrected chi connectivity index (χ0v) is 29.3. The minimum atomic E-state index is 0.560. The number of hydrogen-bond donors (Lipinski definition) is 0. The minimum absolute atomic E-state index is 0.560. The van der Waals surface area contributed by atoms with E-state index in [1.165, 1.54) is 21.5 Å². The third kappa shape index (κ3) is 4.52. The summed E-state index contributed by atoms with van der Waals surface area (Å²) in [6.45, 7) is 0. The van der Waals surface area contributed by atoms with E-state index in [0.717, 1.165) is 77.3 Å². The average Bonchev–Trinajstić information content (AvgIpc) is 3.92. The zero-order chi connectivity index (χ0) is 36.0. The van der Waals surface area contributed by atoms with Gasteiger partial charge in [0.2, 0.25) is 0 Å². The van der Waals surface area contributed by atoms with Gasteiger partial charge in [-0.3, -0.25) is 0 Å². The second kappa shape index (κ2) is 11.5. The van der Waals surface area contributed by atoms with Crippen LogP contribution in [0, 0.1) is 0 Å². The highest BCUT2D eigenvalue weighted by Crippen LogP contribution is 2.43. The fourth-order valence-electron chi connectivity index (χ4n) is 8.30. The van der Waals surface area contributed by atoms with Crippen molar-refractivity contribution in [1.82, 2.24) is 19.5 Å². The van der Waals surface area contributed by atoms with Gasteiger partial charge in [-0.1, -0.05) is 115 Å². The maximum Gasteiger partial charge on any atom is 0.164 e. The summed E-state index contributed by atoms with van der Waals surface area (Å²) in [7, 11) is 0. The monoisotopic (exact) mass is 704 g/mol. The fourth-order valence-corrected chi connectivity index (χ4v) is 8.30. The third-order valence-corrected chi connectivity index (χ3v) is 10.8. The number of benzene rings is 8. The number of fused-ring (bicyclic) bond motifs is 10. The van der Waals surface area contributed by atoms with Crippen LogP contribution in [-0.2, 0) is 0 Å². The van der Waals surface area contributed by atoms with Crippen LogP contribution in [0.1, 0.15) is 0 Å². The molecule has 0 N–H and O–H groups in total. The van der Waals surface area contributed by atoms with Crippen LogP contribution in [0.3, 0.4) is 0 Å². The Bertz CT molecular complexity index is 3500. The SMILES string of the molecule is c1ccc(-c2nc(-c3ccc4c(c3)oc3ccccc34)nc(-c3ccc(-n4c5ccccc5c5cc6ccccc6cc54)c4oc5ccccc5c34)n2)cc1. The maximum absolute atomic E-state index is 6.86. The molecular formula is C49H28N4O2. The van der Waals surface area contributed by atoms with Gasteiger partial charge < -0.3 is 13.4 Å².